The van der Waals surface area contributed by atoms with Crippen LogP contribution in [0.15, 0.2) is 35.7 Å². The minimum Gasteiger partial charge on any atom is -0.444 e. The molecule has 1 aliphatic rings. The summed E-state index contributed by atoms with van der Waals surface area (Å²) in [5, 5.41) is 9.14. The summed E-state index contributed by atoms with van der Waals surface area (Å²) in [5.41, 5.74) is 1.29. The van der Waals surface area contributed by atoms with Crippen LogP contribution in [-0.4, -0.2) is 108 Å². The Balaban J connectivity index is 1.76. The number of carbonyl (C=O) groups excluding carboxylic acids is 3. The molecular formula is C36H58N6O5S. The van der Waals surface area contributed by atoms with Crippen LogP contribution in [-0.2, 0) is 27.2 Å². The van der Waals surface area contributed by atoms with Crippen molar-refractivity contribution in [1.82, 2.24) is 30.3 Å². The molecule has 2 heterocycles. The molecule has 0 bridgehead atoms. The fourth-order valence-electron chi connectivity index (χ4n) is 5.49. The molecule has 0 saturated carbocycles. The number of urea groups is 1. The van der Waals surface area contributed by atoms with Gasteiger partial charge in [0.25, 0.3) is 0 Å². The topological polar surface area (TPSA) is 116 Å². The molecule has 0 aliphatic carbocycles. The third-order valence-corrected chi connectivity index (χ3v) is 9.13. The predicted octanol–water partition coefficient (Wildman–Crippen LogP) is 5.51. The van der Waals surface area contributed by atoms with Gasteiger partial charge in [0.05, 0.1) is 30.5 Å². The van der Waals surface area contributed by atoms with E-state index in [-0.39, 0.29) is 23.9 Å². The van der Waals surface area contributed by atoms with E-state index in [9.17, 15) is 14.4 Å². The van der Waals surface area contributed by atoms with Gasteiger partial charge in [0.2, 0.25) is 5.91 Å². The van der Waals surface area contributed by atoms with Crippen molar-refractivity contribution in [2.24, 2.45) is 5.92 Å². The molecule has 0 unspecified atom stereocenters. The number of alkyl carbamates (subject to hydrolysis) is 1. The van der Waals surface area contributed by atoms with E-state index in [1.165, 1.54) is 0 Å². The van der Waals surface area contributed by atoms with Crippen molar-refractivity contribution in [3.8, 4) is 0 Å². The summed E-state index contributed by atoms with van der Waals surface area (Å²) >= 11 is 1.60. The van der Waals surface area contributed by atoms with E-state index in [2.05, 4.69) is 48.2 Å². The minimum absolute atomic E-state index is 0.120. The second-order valence-electron chi connectivity index (χ2n) is 14.4. The van der Waals surface area contributed by atoms with Crippen molar-refractivity contribution in [3.05, 3.63) is 52.0 Å². The summed E-state index contributed by atoms with van der Waals surface area (Å²) < 4.78 is 11.1. The molecule has 0 spiro atoms. The highest BCUT2D eigenvalue weighted by molar-refractivity contribution is 7.09. The van der Waals surface area contributed by atoms with Gasteiger partial charge in [-0.15, -0.1) is 11.3 Å². The van der Waals surface area contributed by atoms with Crippen LogP contribution >= 0.6 is 11.3 Å². The SMILES string of the molecule is CC(C)CN(CC[C@H](Cc1ccccc1)NC(=O)OC(C)(C)C)C(=O)[C@H](CCN1CCOCC1)NC(=O)N(C)Cc1csc(C(C)C)n1. The van der Waals surface area contributed by atoms with Crippen molar-refractivity contribution in [2.45, 2.75) is 97.9 Å². The third-order valence-electron chi connectivity index (χ3n) is 7.93. The summed E-state index contributed by atoms with van der Waals surface area (Å²) in [7, 11) is 1.73. The number of ether oxygens (including phenoxy) is 2. The Hall–Kier alpha value is -3.22. The molecule has 3 rings (SSSR count). The molecule has 11 nitrogen and oxygen atoms in total. The van der Waals surface area contributed by atoms with E-state index in [0.717, 1.165) is 29.4 Å². The number of aromatic nitrogens is 1. The van der Waals surface area contributed by atoms with Gasteiger partial charge in [0.1, 0.15) is 11.6 Å². The molecule has 48 heavy (non-hydrogen) atoms. The highest BCUT2D eigenvalue weighted by Gasteiger charge is 2.30. The molecule has 1 saturated heterocycles. The summed E-state index contributed by atoms with van der Waals surface area (Å²) in [6, 6.07) is 8.70. The zero-order valence-electron chi connectivity index (χ0n) is 30.3. The number of hydrogen-bond acceptors (Lipinski definition) is 8. The lowest BCUT2D eigenvalue weighted by atomic mass is 10.0. The van der Waals surface area contributed by atoms with Crippen molar-refractivity contribution in [3.63, 3.8) is 0 Å². The number of morpholine rings is 1. The second kappa shape index (κ2) is 19.1. The number of amides is 4. The smallest absolute Gasteiger partial charge is 0.407 e. The Morgan fingerprint density at radius 3 is 2.33 bits per heavy atom. The quantitative estimate of drug-likeness (QED) is 0.239. The maximum atomic E-state index is 14.4. The van der Waals surface area contributed by atoms with Gasteiger partial charge in [0.15, 0.2) is 0 Å². The monoisotopic (exact) mass is 686 g/mol. The molecule has 1 aromatic heterocycles. The molecule has 1 aromatic carbocycles. The number of rotatable bonds is 16. The van der Waals surface area contributed by atoms with E-state index < -0.39 is 17.7 Å². The maximum Gasteiger partial charge on any atom is 0.407 e. The van der Waals surface area contributed by atoms with E-state index in [1.807, 2.05) is 61.4 Å². The van der Waals surface area contributed by atoms with Crippen LogP contribution in [0.4, 0.5) is 9.59 Å². The van der Waals surface area contributed by atoms with Gasteiger partial charge in [-0.25, -0.2) is 14.6 Å². The van der Waals surface area contributed by atoms with Crippen LogP contribution in [0.2, 0.25) is 0 Å². The Bertz CT molecular complexity index is 1280. The predicted molar refractivity (Wildman–Crippen MR) is 191 cm³/mol. The van der Waals surface area contributed by atoms with E-state index in [1.54, 1.807) is 23.3 Å². The first-order chi connectivity index (χ1) is 22.7. The first-order valence-electron chi connectivity index (χ1n) is 17.3. The molecule has 2 aromatic rings. The Morgan fingerprint density at radius 2 is 1.73 bits per heavy atom. The normalized spacial score (nSPS) is 15.2. The zero-order chi connectivity index (χ0) is 35.3. The fourth-order valence-corrected chi connectivity index (χ4v) is 6.32. The van der Waals surface area contributed by atoms with Crippen LogP contribution < -0.4 is 10.6 Å². The average molecular weight is 687 g/mol. The van der Waals surface area contributed by atoms with Gasteiger partial charge in [-0.05, 0) is 51.5 Å². The van der Waals surface area contributed by atoms with Crippen molar-refractivity contribution in [2.75, 3.05) is 53.0 Å². The van der Waals surface area contributed by atoms with Crippen LogP contribution in [0.3, 0.4) is 0 Å². The lowest BCUT2D eigenvalue weighted by Crippen LogP contribution is -2.54. The van der Waals surface area contributed by atoms with Crippen molar-refractivity contribution in [1.29, 1.82) is 0 Å². The lowest BCUT2D eigenvalue weighted by molar-refractivity contribution is -0.134. The number of benzene rings is 1. The number of nitrogens with zero attached hydrogens (tertiary/aromatic N) is 4. The number of carbonyl (C=O) groups is 3. The Morgan fingerprint density at radius 1 is 1.04 bits per heavy atom. The average Bonchev–Trinajstić information content (AvgIpc) is 3.49. The van der Waals surface area contributed by atoms with Crippen LogP contribution in [0, 0.1) is 5.92 Å². The van der Waals surface area contributed by atoms with Crippen LogP contribution in [0.5, 0.6) is 0 Å². The highest BCUT2D eigenvalue weighted by Crippen LogP contribution is 2.20. The van der Waals surface area contributed by atoms with Crippen LogP contribution in [0.1, 0.15) is 83.5 Å². The molecule has 1 aliphatic heterocycles. The van der Waals surface area contributed by atoms with Crippen molar-refractivity contribution >= 4 is 29.4 Å². The molecular weight excluding hydrogens is 629 g/mol. The molecule has 268 valence electrons. The Labute approximate surface area is 291 Å². The molecule has 12 heteroatoms. The third kappa shape index (κ3) is 14.1. The van der Waals surface area contributed by atoms with Gasteiger partial charge in [-0.2, -0.15) is 0 Å². The van der Waals surface area contributed by atoms with Gasteiger partial charge in [-0.3, -0.25) is 9.69 Å². The summed E-state index contributed by atoms with van der Waals surface area (Å²) in [6.07, 6.45) is 1.12. The van der Waals surface area contributed by atoms with Crippen molar-refractivity contribution < 1.29 is 23.9 Å². The zero-order valence-corrected chi connectivity index (χ0v) is 31.1. The van der Waals surface area contributed by atoms with Gasteiger partial charge in [-0.1, -0.05) is 58.0 Å². The molecule has 4 amide bonds. The molecule has 2 N–H and O–H groups in total. The summed E-state index contributed by atoms with van der Waals surface area (Å²) in [5.74, 6) is 0.409. The molecule has 0 radical (unpaired) electrons. The number of thiazole rings is 1. The first kappa shape index (κ1) is 39.2. The van der Waals surface area contributed by atoms with Crippen LogP contribution in [0.25, 0.3) is 0 Å². The first-order valence-corrected chi connectivity index (χ1v) is 18.2. The molecule has 1 fully saturated rings. The highest BCUT2D eigenvalue weighted by atomic mass is 32.1. The summed E-state index contributed by atoms with van der Waals surface area (Å²) in [4.78, 5) is 51.1. The number of hydrogen-bond donors (Lipinski definition) is 2. The fraction of sp³-hybridized carbons (Fsp3) is 0.667. The number of nitrogens with one attached hydrogen (secondary N) is 2. The maximum absolute atomic E-state index is 14.4. The van der Waals surface area contributed by atoms with Gasteiger partial charge < -0.3 is 29.9 Å². The van der Waals surface area contributed by atoms with E-state index in [4.69, 9.17) is 9.47 Å². The van der Waals surface area contributed by atoms with E-state index in [0.29, 0.717) is 64.6 Å². The van der Waals surface area contributed by atoms with Gasteiger partial charge in [0, 0.05) is 57.1 Å². The molecule has 2 atom stereocenters. The van der Waals surface area contributed by atoms with Gasteiger partial charge >= 0.3 is 12.1 Å². The largest absolute Gasteiger partial charge is 0.444 e. The standard InChI is InChI=1S/C36H58N6O5S/c1-26(2)23-42(17-14-29(22-28-12-10-9-11-13-28)38-35(45)47-36(5,6)7)33(43)31(15-16-41-18-20-46-21-19-41)39-34(44)40(8)24-30-25-48-32(37-30)27(3)4/h9-13,25-27,29,31H,14-24H2,1-8H3,(H,38,45)(H,39,44)/t29-,31+/m1/s1. The second-order valence-corrected chi connectivity index (χ2v) is 15.3. The Kier molecular flexibility index (Phi) is 15.6. The minimum atomic E-state index is -0.713. The van der Waals surface area contributed by atoms with E-state index >= 15 is 0 Å². The lowest BCUT2D eigenvalue weighted by Gasteiger charge is -2.33. The summed E-state index contributed by atoms with van der Waals surface area (Å²) in [6.45, 7) is 18.7.